The number of halogens is 1. The summed E-state index contributed by atoms with van der Waals surface area (Å²) in [5, 5.41) is 3.04. The molecule has 2 heterocycles. The Morgan fingerprint density at radius 1 is 1.19 bits per heavy atom. The van der Waals surface area contributed by atoms with Gasteiger partial charge in [-0.1, -0.05) is 51.8 Å². The quantitative estimate of drug-likeness (QED) is 0.718. The Balaban J connectivity index is 1.51. The molecule has 0 radical (unpaired) electrons. The molecular weight excluding hydrogens is 406 g/mol. The highest BCUT2D eigenvalue weighted by Gasteiger charge is 2.59. The smallest absolute Gasteiger partial charge is 0.262 e. The lowest BCUT2D eigenvalue weighted by Crippen LogP contribution is -2.51. The van der Waals surface area contributed by atoms with Crippen molar-refractivity contribution in [1.29, 1.82) is 0 Å². The number of amides is 1. The van der Waals surface area contributed by atoms with Gasteiger partial charge in [-0.2, -0.15) is 0 Å². The van der Waals surface area contributed by atoms with E-state index in [9.17, 15) is 4.79 Å². The van der Waals surface area contributed by atoms with Gasteiger partial charge in [-0.15, -0.1) is 0 Å². The van der Waals surface area contributed by atoms with E-state index in [-0.39, 0.29) is 17.9 Å². The molecule has 1 aliphatic carbocycles. The number of anilines is 1. The van der Waals surface area contributed by atoms with Crippen LogP contribution in [-0.2, 0) is 15.1 Å². The summed E-state index contributed by atoms with van der Waals surface area (Å²) < 4.78 is 13.4. The number of para-hydroxylation sites is 1. The van der Waals surface area contributed by atoms with Crippen molar-refractivity contribution in [1.82, 2.24) is 0 Å². The summed E-state index contributed by atoms with van der Waals surface area (Å²) in [7, 11) is 0. The van der Waals surface area contributed by atoms with Crippen LogP contribution in [0.25, 0.3) is 0 Å². The van der Waals surface area contributed by atoms with Crippen LogP contribution in [0.3, 0.4) is 0 Å². The molecule has 3 atom stereocenters. The fraction of sp³-hybridized carbons (Fsp3) is 0.318. The zero-order valence-electron chi connectivity index (χ0n) is 14.8. The van der Waals surface area contributed by atoms with Gasteiger partial charge in [-0.05, 0) is 43.5 Å². The number of carbonyl (C=O) groups is 1. The zero-order chi connectivity index (χ0) is 18.4. The molecule has 2 aliphatic heterocycles. The Labute approximate surface area is 166 Å². The van der Waals surface area contributed by atoms with E-state index in [4.69, 9.17) is 9.47 Å². The van der Waals surface area contributed by atoms with E-state index in [0.717, 1.165) is 40.7 Å². The predicted molar refractivity (Wildman–Crippen MR) is 107 cm³/mol. The van der Waals surface area contributed by atoms with Crippen LogP contribution in [0.2, 0.25) is 0 Å². The van der Waals surface area contributed by atoms with Crippen LogP contribution in [0, 0.1) is 5.92 Å². The zero-order valence-corrected chi connectivity index (χ0v) is 16.4. The molecular formula is C22H20BrNO3. The summed E-state index contributed by atoms with van der Waals surface area (Å²) in [6, 6.07) is 15.6. The van der Waals surface area contributed by atoms with E-state index in [2.05, 4.69) is 27.3 Å². The highest BCUT2D eigenvalue weighted by Crippen LogP contribution is 2.56. The van der Waals surface area contributed by atoms with Crippen molar-refractivity contribution in [2.75, 3.05) is 11.9 Å². The second-order valence-electron chi connectivity index (χ2n) is 7.33. The number of ether oxygens (including phenoxy) is 2. The third-order valence-corrected chi connectivity index (χ3v) is 6.43. The van der Waals surface area contributed by atoms with Crippen molar-refractivity contribution in [3.63, 3.8) is 0 Å². The fourth-order valence-electron chi connectivity index (χ4n) is 4.68. The van der Waals surface area contributed by atoms with Gasteiger partial charge in [0.05, 0.1) is 6.10 Å². The van der Waals surface area contributed by atoms with Crippen molar-refractivity contribution in [3.8, 4) is 5.75 Å². The van der Waals surface area contributed by atoms with Crippen LogP contribution in [0.15, 0.2) is 64.7 Å². The van der Waals surface area contributed by atoms with E-state index in [1.807, 2.05) is 48.5 Å². The number of hydrogen-bond donors (Lipinski definition) is 1. The molecule has 4 nitrogen and oxygen atoms in total. The Kier molecular flexibility index (Phi) is 4.10. The summed E-state index contributed by atoms with van der Waals surface area (Å²) in [4.78, 5) is 13.2. The maximum absolute atomic E-state index is 13.2. The number of nitrogens with one attached hydrogen (secondary N) is 1. The molecule has 3 aliphatic rings. The SMILES string of the molecule is O=C1Nc2cccc(Br)c2[C@@]12O[C@H](COc1ccccc1)CC1=CCCC12. The number of benzene rings is 2. The maximum Gasteiger partial charge on any atom is 0.262 e. The topological polar surface area (TPSA) is 47.6 Å². The molecule has 27 heavy (non-hydrogen) atoms. The fourth-order valence-corrected chi connectivity index (χ4v) is 5.34. The summed E-state index contributed by atoms with van der Waals surface area (Å²) in [6.07, 6.45) is 4.86. The lowest BCUT2D eigenvalue weighted by Gasteiger charge is -2.43. The highest BCUT2D eigenvalue weighted by molar-refractivity contribution is 9.10. The minimum absolute atomic E-state index is 0.0633. The Morgan fingerprint density at radius 2 is 2.04 bits per heavy atom. The standard InChI is InChI=1S/C22H20BrNO3/c23-18-10-5-11-19-20(18)22(21(25)24-19)17-9-4-6-14(17)12-16(27-22)13-26-15-7-2-1-3-8-15/h1-3,5-8,10-11,16-17H,4,9,12-13H2,(H,24,25)/t16-,17?,22+/m0/s1. The molecule has 1 spiro atoms. The largest absolute Gasteiger partial charge is 0.491 e. The van der Waals surface area contributed by atoms with Crippen molar-refractivity contribution < 1.29 is 14.3 Å². The molecule has 2 aromatic carbocycles. The monoisotopic (exact) mass is 425 g/mol. The first-order valence-electron chi connectivity index (χ1n) is 9.33. The van der Waals surface area contributed by atoms with Gasteiger partial charge in [-0.3, -0.25) is 4.79 Å². The third-order valence-electron chi connectivity index (χ3n) is 5.77. The van der Waals surface area contributed by atoms with Gasteiger partial charge < -0.3 is 14.8 Å². The average Bonchev–Trinajstić information content (AvgIpc) is 3.25. The molecule has 0 bridgehead atoms. The molecule has 1 amide bonds. The molecule has 1 unspecified atom stereocenters. The summed E-state index contributed by atoms with van der Waals surface area (Å²) in [6.45, 7) is 0.420. The number of carbonyl (C=O) groups excluding carboxylic acids is 1. The van der Waals surface area contributed by atoms with Gasteiger partial charge in [0.25, 0.3) is 5.91 Å². The van der Waals surface area contributed by atoms with E-state index in [1.165, 1.54) is 5.57 Å². The van der Waals surface area contributed by atoms with Gasteiger partial charge in [0.2, 0.25) is 0 Å². The number of hydrogen-bond acceptors (Lipinski definition) is 3. The lowest BCUT2D eigenvalue weighted by molar-refractivity contribution is -0.172. The van der Waals surface area contributed by atoms with Gasteiger partial charge >= 0.3 is 0 Å². The highest BCUT2D eigenvalue weighted by atomic mass is 79.9. The van der Waals surface area contributed by atoms with Gasteiger partial charge in [-0.25, -0.2) is 0 Å². The second kappa shape index (κ2) is 6.50. The van der Waals surface area contributed by atoms with E-state index in [1.54, 1.807) is 0 Å². The van der Waals surface area contributed by atoms with Crippen molar-refractivity contribution in [2.45, 2.75) is 31.0 Å². The molecule has 2 aromatic rings. The Hall–Kier alpha value is -2.11. The predicted octanol–water partition coefficient (Wildman–Crippen LogP) is 4.80. The molecule has 0 aromatic heterocycles. The minimum atomic E-state index is -0.972. The van der Waals surface area contributed by atoms with Crippen LogP contribution in [-0.4, -0.2) is 18.6 Å². The molecule has 1 fully saturated rings. The summed E-state index contributed by atoms with van der Waals surface area (Å²) >= 11 is 3.66. The maximum atomic E-state index is 13.2. The van der Waals surface area contributed by atoms with Gasteiger partial charge in [0.1, 0.15) is 12.4 Å². The summed E-state index contributed by atoms with van der Waals surface area (Å²) in [5.41, 5.74) is 2.12. The van der Waals surface area contributed by atoms with Crippen LogP contribution in [0.5, 0.6) is 5.75 Å². The average molecular weight is 426 g/mol. The molecule has 0 saturated carbocycles. The first kappa shape index (κ1) is 17.0. The van der Waals surface area contributed by atoms with E-state index < -0.39 is 5.60 Å². The van der Waals surface area contributed by atoms with Crippen LogP contribution in [0.1, 0.15) is 24.8 Å². The number of rotatable bonds is 3. The number of allylic oxidation sites excluding steroid dienone is 1. The summed E-state index contributed by atoms with van der Waals surface area (Å²) in [5.74, 6) is 0.840. The van der Waals surface area contributed by atoms with Crippen molar-refractivity contribution in [2.24, 2.45) is 5.92 Å². The molecule has 1 N–H and O–H groups in total. The molecule has 5 heteroatoms. The first-order chi connectivity index (χ1) is 13.2. The van der Waals surface area contributed by atoms with Crippen molar-refractivity contribution >= 4 is 27.5 Å². The molecule has 1 saturated heterocycles. The Bertz CT molecular complexity index is 926. The van der Waals surface area contributed by atoms with Crippen LogP contribution >= 0.6 is 15.9 Å². The lowest BCUT2D eigenvalue weighted by atomic mass is 9.74. The van der Waals surface area contributed by atoms with Crippen LogP contribution in [0.4, 0.5) is 5.69 Å². The molecule has 5 rings (SSSR count). The van der Waals surface area contributed by atoms with Gasteiger partial charge in [0.15, 0.2) is 5.60 Å². The normalized spacial score (nSPS) is 28.5. The Morgan fingerprint density at radius 3 is 2.89 bits per heavy atom. The number of fused-ring (bicyclic) bond motifs is 4. The first-order valence-corrected chi connectivity index (χ1v) is 10.1. The van der Waals surface area contributed by atoms with E-state index in [0.29, 0.717) is 6.61 Å². The van der Waals surface area contributed by atoms with Crippen molar-refractivity contribution in [3.05, 3.63) is 70.2 Å². The molecule has 138 valence electrons. The van der Waals surface area contributed by atoms with E-state index >= 15 is 0 Å². The van der Waals surface area contributed by atoms with Gasteiger partial charge in [0, 0.05) is 21.6 Å². The second-order valence-corrected chi connectivity index (χ2v) is 8.18. The minimum Gasteiger partial charge on any atom is -0.491 e. The third kappa shape index (κ3) is 2.64. The van der Waals surface area contributed by atoms with Crippen LogP contribution < -0.4 is 10.1 Å².